The average Bonchev–Trinajstić information content (AvgIpc) is 3.49. The fraction of sp³-hybridized carbons (Fsp3) is 0.441. The molecule has 2 aromatic heterocycles. The van der Waals surface area contributed by atoms with E-state index < -0.39 is 5.56 Å². The van der Waals surface area contributed by atoms with Crippen LogP contribution in [0.1, 0.15) is 101 Å². The average molecular weight is 1150 g/mol. The second-order valence-electron chi connectivity index (χ2n) is 18.6. The Labute approximate surface area is 486 Å². The smallest absolute Gasteiger partial charge is 0.280 e. The molecule has 4 aromatic rings. The Morgan fingerprint density at radius 2 is 1.51 bits per heavy atom. The number of hydrogen-bond acceptors (Lipinski definition) is 18. The molecule has 0 saturated heterocycles. The SMILES string of the molecule is C=C(CCCNC(=O)c1ccc(NCc2cnc3nc(N)[nH]c(=O)c3n2)cc1)NCCOCCOCCOCCOC/C(C=NCCCCCCN=CC(=C\N)/C(/C=C\C(CCC)=N/C(C)=C(\C)Cc1cc(Cl)ccc1Cl)=C/C)=N/N. The van der Waals surface area contributed by atoms with Crippen LogP contribution in [0, 0.1) is 0 Å². The number of nitrogens with zero attached hydrogens (tertiary/aromatic N) is 7. The zero-order chi connectivity index (χ0) is 58.5. The van der Waals surface area contributed by atoms with Crippen molar-refractivity contribution in [3.05, 3.63) is 145 Å². The first kappa shape index (κ1) is 66.4. The minimum absolute atomic E-state index is 0.0167. The first-order valence-electron chi connectivity index (χ1n) is 27.4. The normalized spacial score (nSPS) is 13.0. The van der Waals surface area contributed by atoms with Gasteiger partial charge < -0.3 is 52.2 Å². The molecule has 2 aromatic carbocycles. The van der Waals surface area contributed by atoms with Gasteiger partial charge in [-0.15, -0.1) is 0 Å². The molecular formula is C59H82Cl2N14O6. The van der Waals surface area contributed by atoms with E-state index in [1.54, 1.807) is 42.7 Å². The second-order valence-corrected chi connectivity index (χ2v) is 19.5. The van der Waals surface area contributed by atoms with Gasteiger partial charge in [-0.2, -0.15) is 10.1 Å². The highest BCUT2D eigenvalue weighted by atomic mass is 35.5. The van der Waals surface area contributed by atoms with E-state index in [1.807, 2.05) is 38.3 Å². The van der Waals surface area contributed by atoms with E-state index in [-0.39, 0.29) is 29.6 Å². The Morgan fingerprint density at radius 1 is 0.815 bits per heavy atom. The van der Waals surface area contributed by atoms with Gasteiger partial charge in [0.05, 0.1) is 71.3 Å². The molecule has 0 aliphatic rings. The van der Waals surface area contributed by atoms with Crippen LogP contribution >= 0.6 is 23.2 Å². The topological polar surface area (TPSA) is 289 Å². The van der Waals surface area contributed by atoms with Crippen LogP contribution in [0.2, 0.25) is 10.0 Å². The van der Waals surface area contributed by atoms with E-state index in [9.17, 15) is 9.59 Å². The monoisotopic (exact) mass is 1150 g/mol. The van der Waals surface area contributed by atoms with E-state index in [4.69, 9.17) is 64.5 Å². The second kappa shape index (κ2) is 39.3. The molecule has 0 atom stereocenters. The maximum absolute atomic E-state index is 12.7. The van der Waals surface area contributed by atoms with E-state index >= 15 is 0 Å². The molecule has 4 rings (SSSR count). The Kier molecular flexibility index (Phi) is 32.3. The Morgan fingerprint density at radius 3 is 2.19 bits per heavy atom. The first-order valence-corrected chi connectivity index (χ1v) is 28.2. The summed E-state index contributed by atoms with van der Waals surface area (Å²) >= 11 is 12.6. The summed E-state index contributed by atoms with van der Waals surface area (Å²) in [7, 11) is 0. The molecule has 0 radical (unpaired) electrons. The minimum Gasteiger partial charge on any atom is -0.404 e. The maximum atomic E-state index is 12.7. The highest BCUT2D eigenvalue weighted by molar-refractivity contribution is 6.33. The number of nitrogens with two attached hydrogens (primary N) is 3. The van der Waals surface area contributed by atoms with Crippen LogP contribution in [-0.4, -0.2) is 129 Å². The number of nitrogens with one attached hydrogen (secondary N) is 4. The molecule has 81 heavy (non-hydrogen) atoms. The van der Waals surface area contributed by atoms with E-state index in [2.05, 4.69) is 83.6 Å². The third-order valence-corrected chi connectivity index (χ3v) is 12.8. The van der Waals surface area contributed by atoms with Crippen molar-refractivity contribution in [2.75, 3.05) is 90.1 Å². The number of anilines is 2. The molecule has 2 heterocycles. The van der Waals surface area contributed by atoms with Crippen LogP contribution in [0.15, 0.2) is 133 Å². The van der Waals surface area contributed by atoms with Crippen LogP contribution < -0.4 is 38.8 Å². The molecule has 0 fully saturated rings. The van der Waals surface area contributed by atoms with Crippen molar-refractivity contribution in [2.24, 2.45) is 31.7 Å². The van der Waals surface area contributed by atoms with Gasteiger partial charge in [0.1, 0.15) is 5.71 Å². The number of allylic oxidation sites excluding steroid dienone is 8. The van der Waals surface area contributed by atoms with Crippen molar-refractivity contribution in [3.63, 3.8) is 0 Å². The van der Waals surface area contributed by atoms with Crippen LogP contribution in [-0.2, 0) is 31.9 Å². The van der Waals surface area contributed by atoms with E-state index in [0.29, 0.717) is 119 Å². The summed E-state index contributed by atoms with van der Waals surface area (Å²) in [4.78, 5) is 53.8. The van der Waals surface area contributed by atoms with Gasteiger partial charge >= 0.3 is 0 Å². The molecule has 438 valence electrons. The summed E-state index contributed by atoms with van der Waals surface area (Å²) < 4.78 is 22.5. The zero-order valence-corrected chi connectivity index (χ0v) is 48.9. The van der Waals surface area contributed by atoms with Gasteiger partial charge in [-0.1, -0.05) is 68.1 Å². The summed E-state index contributed by atoms with van der Waals surface area (Å²) in [5.74, 6) is 5.38. The quantitative estimate of drug-likeness (QED) is 0.00719. The molecule has 0 aliphatic carbocycles. The molecule has 10 N–H and O–H groups in total. The highest BCUT2D eigenvalue weighted by Crippen LogP contribution is 2.25. The lowest BCUT2D eigenvalue weighted by molar-refractivity contribution is 0.00232. The standard InChI is InChI=1S/C59H82Cl2N14O6/c1-6-13-51(71-44(5)42(3)34-47-35-49(60)18-22-54(47)61)21-15-45(7-2)48(36-62)37-65-23-10-8-9-11-24-66-38-53(75-64)41-81-33-32-80-31-30-79-29-28-78-27-26-67-43(4)14-12-25-68-57(76)46-16-19-50(20-17-46)69-39-52-40-70-56-55(72-52)58(77)74-59(63)73-56/h7,15-22,35-38,40,67,69H,4,6,8-14,23-34,39,41,62,64H2,1-3,5H3,(H,68,76)(H3,63,70,73,74,77)/b21-15-,44-42+,45-7+,48-36+,65-37?,66-38?,71-51-,75-53+. The van der Waals surface area contributed by atoms with Gasteiger partial charge in [0.2, 0.25) is 5.95 Å². The van der Waals surface area contributed by atoms with Crippen molar-refractivity contribution < 1.29 is 23.7 Å². The number of H-pyrrole nitrogens is 1. The number of hydrogen-bond donors (Lipinski definition) is 7. The number of fused-ring (bicyclic) bond motifs is 1. The van der Waals surface area contributed by atoms with Crippen molar-refractivity contribution in [3.8, 4) is 0 Å². The number of amides is 1. The van der Waals surface area contributed by atoms with Gasteiger partial charge in [0.15, 0.2) is 11.2 Å². The lowest BCUT2D eigenvalue weighted by Crippen LogP contribution is -2.25. The van der Waals surface area contributed by atoms with Gasteiger partial charge in [-0.25, -0.2) is 9.97 Å². The number of aromatic nitrogens is 4. The Hall–Kier alpha value is -7.07. The number of unbranched alkanes of at least 4 members (excludes halogenated alkanes) is 3. The molecule has 20 nitrogen and oxygen atoms in total. The largest absolute Gasteiger partial charge is 0.404 e. The lowest BCUT2D eigenvalue weighted by Gasteiger charge is -2.11. The fourth-order valence-electron chi connectivity index (χ4n) is 7.61. The first-order chi connectivity index (χ1) is 39.3. The number of benzene rings is 2. The molecule has 0 aliphatic heterocycles. The molecule has 0 unspecified atom stereocenters. The molecular weight excluding hydrogens is 1070 g/mol. The van der Waals surface area contributed by atoms with E-state index in [1.165, 1.54) is 6.20 Å². The van der Waals surface area contributed by atoms with Gasteiger partial charge in [-0.3, -0.25) is 29.6 Å². The number of ether oxygens (including phenoxy) is 4. The van der Waals surface area contributed by atoms with Crippen molar-refractivity contribution in [1.82, 2.24) is 30.6 Å². The minimum atomic E-state index is -0.452. The van der Waals surface area contributed by atoms with Gasteiger partial charge in [0.25, 0.3) is 11.5 Å². The maximum Gasteiger partial charge on any atom is 0.280 e. The summed E-state index contributed by atoms with van der Waals surface area (Å²) in [6, 6.07) is 12.6. The van der Waals surface area contributed by atoms with Gasteiger partial charge in [0, 0.05) is 88.8 Å². The van der Waals surface area contributed by atoms with Crippen molar-refractivity contribution >= 4 is 75.8 Å². The summed E-state index contributed by atoms with van der Waals surface area (Å²) in [6.07, 6.45) is 20.7. The number of hydrazone groups is 1. The Balaban J connectivity index is 0.931. The van der Waals surface area contributed by atoms with E-state index in [0.717, 1.165) is 90.0 Å². The number of halogens is 2. The number of aromatic amines is 1. The number of nitrogen functional groups attached to an aromatic ring is 1. The molecule has 0 saturated carbocycles. The van der Waals surface area contributed by atoms with Crippen LogP contribution in [0.3, 0.4) is 0 Å². The van der Waals surface area contributed by atoms with Crippen LogP contribution in [0.25, 0.3) is 11.2 Å². The van der Waals surface area contributed by atoms with Crippen LogP contribution in [0.5, 0.6) is 0 Å². The van der Waals surface area contributed by atoms with Gasteiger partial charge in [-0.05, 0) is 125 Å². The predicted molar refractivity (Wildman–Crippen MR) is 331 cm³/mol. The number of carbonyl (C=O) groups is 1. The summed E-state index contributed by atoms with van der Waals surface area (Å²) in [5.41, 5.74) is 20.6. The fourth-order valence-corrected chi connectivity index (χ4v) is 7.99. The number of aliphatic imine (C=N–C) groups is 3. The molecule has 22 heteroatoms. The van der Waals surface area contributed by atoms with Crippen LogP contribution in [0.4, 0.5) is 11.6 Å². The van der Waals surface area contributed by atoms with Crippen molar-refractivity contribution in [2.45, 2.75) is 92.0 Å². The lowest BCUT2D eigenvalue weighted by atomic mass is 10.0. The number of carbonyl (C=O) groups excluding carboxylic acids is 1. The zero-order valence-electron chi connectivity index (χ0n) is 47.4. The van der Waals surface area contributed by atoms with Crippen molar-refractivity contribution in [1.29, 1.82) is 0 Å². The molecule has 0 bridgehead atoms. The molecule has 0 spiro atoms. The Bertz CT molecular complexity index is 2900. The summed E-state index contributed by atoms with van der Waals surface area (Å²) in [5, 5.41) is 14.6. The third kappa shape index (κ3) is 26.8. The highest BCUT2D eigenvalue weighted by Gasteiger charge is 2.10. The predicted octanol–water partition coefficient (Wildman–Crippen LogP) is 9.03. The molecule has 1 amide bonds. The summed E-state index contributed by atoms with van der Waals surface area (Å²) in [6.45, 7) is 18.5. The third-order valence-electron chi connectivity index (χ3n) is 12.2. The number of rotatable bonds is 40.